The quantitative estimate of drug-likeness (QED) is 0.567. The van der Waals surface area contributed by atoms with Crippen LogP contribution in [0, 0.1) is 11.6 Å². The van der Waals surface area contributed by atoms with Crippen molar-refractivity contribution in [1.29, 1.82) is 0 Å². The fraction of sp³-hybridized carbons (Fsp3) is 0. The summed E-state index contributed by atoms with van der Waals surface area (Å²) in [6, 6.07) is 2.23. The lowest BCUT2D eigenvalue weighted by atomic mass is 10.3. The Balaban J connectivity index is 3.34. The van der Waals surface area contributed by atoms with E-state index in [1.807, 2.05) is 0 Å². The summed E-state index contributed by atoms with van der Waals surface area (Å²) in [5.41, 5.74) is 0. The Bertz CT molecular complexity index is 235. The molecule has 10 heavy (non-hydrogen) atoms. The molecule has 1 rings (SSSR count). The zero-order valence-corrected chi connectivity index (χ0v) is 6.09. The van der Waals surface area contributed by atoms with Gasteiger partial charge in [0.25, 0.3) is 0 Å². The van der Waals surface area contributed by atoms with Gasteiger partial charge < -0.3 is 5.11 Å². The monoisotopic (exact) mass is 162 g/mol. The van der Waals surface area contributed by atoms with Gasteiger partial charge in [-0.05, 0) is 12.1 Å². The van der Waals surface area contributed by atoms with E-state index in [9.17, 15) is 8.78 Å². The molecule has 0 amide bonds. The Hall–Kier alpha value is -0.690. The number of hydrogen-bond donors (Lipinski definition) is 1. The largest absolute Gasteiger partial charge is 0.504 e. The van der Waals surface area contributed by atoms with Gasteiger partial charge in [0.2, 0.25) is 5.82 Å². The Kier molecular flexibility index (Phi) is 1.86. The minimum absolute atomic E-state index is 0.249. The van der Waals surface area contributed by atoms with Crippen LogP contribution in [0.1, 0.15) is 0 Å². The first-order valence-electron chi connectivity index (χ1n) is 2.55. The second-order valence-corrected chi connectivity index (χ2v) is 2.42. The number of hydrogen-bond acceptors (Lipinski definition) is 1. The summed E-state index contributed by atoms with van der Waals surface area (Å²) in [6.07, 6.45) is 0. The average molecular weight is 162 g/mol. The van der Waals surface area contributed by atoms with Gasteiger partial charge in [0.1, 0.15) is 0 Å². The van der Waals surface area contributed by atoms with Gasteiger partial charge in [-0.2, -0.15) is 4.39 Å². The number of phenolic OH excluding ortho intramolecular Hbond substituents is 1. The van der Waals surface area contributed by atoms with E-state index in [1.165, 1.54) is 6.07 Å². The molecule has 1 aromatic rings. The zero-order valence-electron chi connectivity index (χ0n) is 4.94. The standard InChI is InChI=1S/C6H5F2OP/c7-3-1-2-4(10)6(9)5(3)8/h1-2,9H,10H2. The van der Waals surface area contributed by atoms with E-state index in [0.29, 0.717) is 0 Å². The molecular formula is C6H5F2OP. The van der Waals surface area contributed by atoms with Gasteiger partial charge in [0.15, 0.2) is 11.6 Å². The van der Waals surface area contributed by atoms with Crippen LogP contribution in [0.15, 0.2) is 12.1 Å². The first-order valence-corrected chi connectivity index (χ1v) is 3.13. The van der Waals surface area contributed by atoms with Crippen molar-refractivity contribution in [2.45, 2.75) is 0 Å². The highest BCUT2D eigenvalue weighted by Crippen LogP contribution is 2.16. The van der Waals surface area contributed by atoms with E-state index < -0.39 is 17.4 Å². The smallest absolute Gasteiger partial charge is 0.200 e. The van der Waals surface area contributed by atoms with Crippen LogP contribution < -0.4 is 5.30 Å². The van der Waals surface area contributed by atoms with Crippen molar-refractivity contribution in [3.8, 4) is 5.75 Å². The fourth-order valence-corrected chi connectivity index (χ4v) is 0.778. The molecule has 0 aromatic heterocycles. The van der Waals surface area contributed by atoms with Crippen LogP contribution in [0.25, 0.3) is 0 Å². The lowest BCUT2D eigenvalue weighted by molar-refractivity contribution is 0.411. The van der Waals surface area contributed by atoms with Gasteiger partial charge in [0.05, 0.1) is 0 Å². The molecule has 1 nitrogen and oxygen atoms in total. The lowest BCUT2D eigenvalue weighted by Crippen LogP contribution is -1.96. The minimum atomic E-state index is -1.20. The molecule has 0 saturated carbocycles. The maximum Gasteiger partial charge on any atom is 0.200 e. The second-order valence-electron chi connectivity index (χ2n) is 1.80. The third kappa shape index (κ3) is 1.09. The number of benzene rings is 1. The predicted molar refractivity (Wildman–Crippen MR) is 37.4 cm³/mol. The van der Waals surface area contributed by atoms with Gasteiger partial charge in [-0.15, -0.1) is 9.24 Å². The third-order valence-electron chi connectivity index (χ3n) is 1.10. The Morgan fingerprint density at radius 3 is 2.40 bits per heavy atom. The topological polar surface area (TPSA) is 20.2 Å². The van der Waals surface area contributed by atoms with Crippen LogP contribution in [-0.2, 0) is 0 Å². The fourth-order valence-electron chi connectivity index (χ4n) is 0.555. The van der Waals surface area contributed by atoms with Crippen molar-refractivity contribution in [2.24, 2.45) is 0 Å². The molecule has 0 bridgehead atoms. The minimum Gasteiger partial charge on any atom is -0.504 e. The molecule has 0 fully saturated rings. The van der Waals surface area contributed by atoms with Crippen LogP contribution >= 0.6 is 9.24 Å². The summed E-state index contributed by atoms with van der Waals surface area (Å²) in [7, 11) is 2.09. The van der Waals surface area contributed by atoms with Crippen molar-refractivity contribution in [3.05, 3.63) is 23.8 Å². The molecule has 0 spiro atoms. The van der Waals surface area contributed by atoms with Crippen molar-refractivity contribution < 1.29 is 13.9 Å². The highest BCUT2D eigenvalue weighted by molar-refractivity contribution is 7.27. The summed E-state index contributed by atoms with van der Waals surface area (Å²) in [5, 5.41) is 9.00. The zero-order chi connectivity index (χ0) is 7.72. The Labute approximate surface area is 58.9 Å². The summed E-state index contributed by atoms with van der Waals surface area (Å²) >= 11 is 0. The van der Waals surface area contributed by atoms with E-state index in [4.69, 9.17) is 5.11 Å². The predicted octanol–water partition coefficient (Wildman–Crippen LogP) is 1.17. The Morgan fingerprint density at radius 2 is 1.90 bits per heavy atom. The molecule has 1 unspecified atom stereocenters. The van der Waals surface area contributed by atoms with Crippen molar-refractivity contribution in [3.63, 3.8) is 0 Å². The molecule has 0 saturated heterocycles. The number of halogens is 2. The molecule has 54 valence electrons. The van der Waals surface area contributed by atoms with Gasteiger partial charge >= 0.3 is 0 Å². The molecule has 0 aliphatic heterocycles. The van der Waals surface area contributed by atoms with E-state index in [0.717, 1.165) is 6.07 Å². The maximum absolute atomic E-state index is 12.4. The third-order valence-corrected chi connectivity index (χ3v) is 1.57. The van der Waals surface area contributed by atoms with Crippen LogP contribution in [0.5, 0.6) is 5.75 Å². The van der Waals surface area contributed by atoms with Crippen molar-refractivity contribution in [1.82, 2.24) is 0 Å². The van der Waals surface area contributed by atoms with E-state index >= 15 is 0 Å². The number of rotatable bonds is 0. The van der Waals surface area contributed by atoms with Gasteiger partial charge in [-0.25, -0.2) is 4.39 Å². The Morgan fingerprint density at radius 1 is 1.30 bits per heavy atom. The van der Waals surface area contributed by atoms with Crippen LogP contribution in [0.3, 0.4) is 0 Å². The molecule has 1 N–H and O–H groups in total. The van der Waals surface area contributed by atoms with Gasteiger partial charge in [-0.1, -0.05) is 0 Å². The molecule has 4 heteroatoms. The normalized spacial score (nSPS) is 9.90. The number of phenols is 1. The highest BCUT2D eigenvalue weighted by Gasteiger charge is 2.08. The number of aromatic hydroxyl groups is 1. The summed E-state index contributed by atoms with van der Waals surface area (Å²) in [6.45, 7) is 0. The molecule has 1 aromatic carbocycles. The van der Waals surface area contributed by atoms with Crippen LogP contribution in [-0.4, -0.2) is 5.11 Å². The molecule has 0 radical (unpaired) electrons. The summed E-state index contributed by atoms with van der Waals surface area (Å²) in [4.78, 5) is 0. The summed E-state index contributed by atoms with van der Waals surface area (Å²) < 4.78 is 24.6. The van der Waals surface area contributed by atoms with Crippen molar-refractivity contribution >= 4 is 14.5 Å². The molecule has 0 aliphatic carbocycles. The van der Waals surface area contributed by atoms with Crippen LogP contribution in [0.2, 0.25) is 0 Å². The molecule has 0 heterocycles. The van der Waals surface area contributed by atoms with Gasteiger partial charge in [-0.3, -0.25) is 0 Å². The lowest BCUT2D eigenvalue weighted by Gasteiger charge is -1.98. The highest BCUT2D eigenvalue weighted by atomic mass is 31.0. The SMILES string of the molecule is Oc1c(P)ccc(F)c1F. The van der Waals surface area contributed by atoms with E-state index in [2.05, 4.69) is 9.24 Å². The van der Waals surface area contributed by atoms with E-state index in [-0.39, 0.29) is 5.30 Å². The van der Waals surface area contributed by atoms with Crippen molar-refractivity contribution in [2.75, 3.05) is 0 Å². The maximum atomic E-state index is 12.4. The first-order chi connectivity index (χ1) is 4.63. The summed E-state index contributed by atoms with van der Waals surface area (Å²) in [5.74, 6) is -2.89. The molecule has 1 atom stereocenters. The first kappa shape index (κ1) is 7.42. The molecule has 0 aliphatic rings. The van der Waals surface area contributed by atoms with Crippen LogP contribution in [0.4, 0.5) is 8.78 Å². The van der Waals surface area contributed by atoms with E-state index in [1.54, 1.807) is 0 Å². The van der Waals surface area contributed by atoms with Gasteiger partial charge in [0, 0.05) is 5.30 Å². The second kappa shape index (κ2) is 2.51. The average Bonchev–Trinajstić information content (AvgIpc) is 1.93. The molecular weight excluding hydrogens is 157 g/mol.